The highest BCUT2D eigenvalue weighted by Gasteiger charge is 2.46. The Morgan fingerprint density at radius 1 is 1.05 bits per heavy atom. The fourth-order valence-corrected chi connectivity index (χ4v) is 6.12. The number of nitrogens with zero attached hydrogens (tertiary/aromatic N) is 3. The lowest BCUT2D eigenvalue weighted by molar-refractivity contribution is -0.147. The Labute approximate surface area is 234 Å². The fraction of sp³-hybridized carbons (Fsp3) is 0.533. The number of piperazine rings is 1. The van der Waals surface area contributed by atoms with Crippen LogP contribution in [-0.2, 0) is 16.0 Å². The number of carboxylic acids is 1. The van der Waals surface area contributed by atoms with E-state index in [2.05, 4.69) is 25.7 Å². The number of benzene rings is 2. The number of carbonyl (C=O) groups excluding carboxylic acids is 1. The minimum absolute atomic E-state index is 0.0331. The van der Waals surface area contributed by atoms with E-state index in [-0.39, 0.29) is 35.6 Å². The van der Waals surface area contributed by atoms with Crippen LogP contribution >= 0.6 is 11.6 Å². The molecule has 0 aromatic heterocycles. The molecule has 4 rings (SSSR count). The molecule has 0 radical (unpaired) electrons. The first-order valence-corrected chi connectivity index (χ1v) is 13.9. The summed E-state index contributed by atoms with van der Waals surface area (Å²) in [4.78, 5) is 32.2. The van der Waals surface area contributed by atoms with Gasteiger partial charge < -0.3 is 10.0 Å². The zero-order valence-electron chi connectivity index (χ0n) is 23.3. The van der Waals surface area contributed by atoms with Crippen molar-refractivity contribution in [2.45, 2.75) is 64.6 Å². The molecule has 2 fully saturated rings. The summed E-state index contributed by atoms with van der Waals surface area (Å²) in [5.41, 5.74) is 1.55. The molecule has 2 heterocycles. The molecule has 1 N–H and O–H groups in total. The number of carbonyl (C=O) groups is 2. The molecule has 2 aromatic carbocycles. The average Bonchev–Trinajstić information content (AvgIpc) is 3.30. The van der Waals surface area contributed by atoms with Crippen LogP contribution in [0.25, 0.3) is 0 Å². The molecule has 1 amide bonds. The topological polar surface area (TPSA) is 64.1 Å². The van der Waals surface area contributed by atoms with Gasteiger partial charge in [0.2, 0.25) is 5.91 Å². The summed E-state index contributed by atoms with van der Waals surface area (Å²) < 4.78 is 28.7. The number of aryl methyl sites for hydroxylation is 1. The molecule has 0 spiro atoms. The smallest absolute Gasteiger partial charge is 0.321 e. The van der Waals surface area contributed by atoms with Gasteiger partial charge in [-0.25, -0.2) is 8.78 Å². The van der Waals surface area contributed by atoms with E-state index in [1.54, 1.807) is 31.2 Å². The second kappa shape index (κ2) is 11.5. The predicted octanol–water partition coefficient (Wildman–Crippen LogP) is 4.97. The molecule has 1 unspecified atom stereocenters. The van der Waals surface area contributed by atoms with Gasteiger partial charge >= 0.3 is 5.97 Å². The first-order chi connectivity index (χ1) is 18.3. The van der Waals surface area contributed by atoms with Crippen LogP contribution in [0.1, 0.15) is 50.3 Å². The van der Waals surface area contributed by atoms with Gasteiger partial charge in [-0.1, -0.05) is 29.8 Å². The van der Waals surface area contributed by atoms with E-state index in [1.165, 1.54) is 12.1 Å². The van der Waals surface area contributed by atoms with Crippen LogP contribution in [0.2, 0.25) is 5.02 Å². The number of rotatable bonds is 6. The van der Waals surface area contributed by atoms with E-state index in [0.717, 1.165) is 5.56 Å². The molecule has 6 nitrogen and oxygen atoms in total. The van der Waals surface area contributed by atoms with Crippen molar-refractivity contribution >= 4 is 23.5 Å². The summed E-state index contributed by atoms with van der Waals surface area (Å²) in [7, 11) is 0. The maximum Gasteiger partial charge on any atom is 0.321 e. The van der Waals surface area contributed by atoms with Crippen molar-refractivity contribution in [3.05, 3.63) is 69.7 Å². The van der Waals surface area contributed by atoms with Crippen LogP contribution in [-0.4, -0.2) is 82.0 Å². The molecule has 2 aliphatic rings. The highest BCUT2D eigenvalue weighted by Crippen LogP contribution is 2.39. The lowest BCUT2D eigenvalue weighted by atomic mass is 9.87. The van der Waals surface area contributed by atoms with E-state index < -0.39 is 23.7 Å². The minimum Gasteiger partial charge on any atom is -0.480 e. The van der Waals surface area contributed by atoms with Crippen LogP contribution in [0, 0.1) is 24.5 Å². The van der Waals surface area contributed by atoms with E-state index in [0.29, 0.717) is 48.9 Å². The van der Waals surface area contributed by atoms with Gasteiger partial charge in [-0.2, -0.15) is 0 Å². The maximum absolute atomic E-state index is 15.0. The van der Waals surface area contributed by atoms with Gasteiger partial charge in [0.05, 0.1) is 5.92 Å². The number of halogens is 3. The third kappa shape index (κ3) is 6.44. The first-order valence-electron chi connectivity index (χ1n) is 13.5. The Bertz CT molecular complexity index is 1230. The Kier molecular flexibility index (Phi) is 8.69. The quantitative estimate of drug-likeness (QED) is 0.539. The van der Waals surface area contributed by atoms with Crippen molar-refractivity contribution in [2.24, 2.45) is 5.92 Å². The minimum atomic E-state index is -0.946. The zero-order chi connectivity index (χ0) is 28.6. The first kappa shape index (κ1) is 29.4. The monoisotopic (exact) mass is 561 g/mol. The second-order valence-corrected chi connectivity index (χ2v) is 12.4. The van der Waals surface area contributed by atoms with Crippen molar-refractivity contribution in [3.8, 4) is 0 Å². The average molecular weight is 562 g/mol. The Morgan fingerprint density at radius 2 is 1.77 bits per heavy atom. The third-order valence-electron chi connectivity index (χ3n) is 8.27. The Hall–Kier alpha value is -2.55. The lowest BCUT2D eigenvalue weighted by Gasteiger charge is -2.43. The number of hydrogen-bond acceptors (Lipinski definition) is 4. The van der Waals surface area contributed by atoms with E-state index >= 15 is 4.39 Å². The number of aliphatic carboxylic acids is 1. The molecule has 0 aliphatic carbocycles. The van der Waals surface area contributed by atoms with Gasteiger partial charge in [0.1, 0.15) is 17.7 Å². The molecule has 0 bridgehead atoms. The van der Waals surface area contributed by atoms with Gasteiger partial charge in [-0.15, -0.1) is 0 Å². The van der Waals surface area contributed by atoms with Crippen LogP contribution in [0.4, 0.5) is 8.78 Å². The number of carboxylic acid groups (broad SMARTS) is 1. The predicted molar refractivity (Wildman–Crippen MR) is 148 cm³/mol. The molecular weight excluding hydrogens is 524 g/mol. The molecular formula is C30H38ClF2N3O3. The van der Waals surface area contributed by atoms with Crippen LogP contribution in [0.15, 0.2) is 36.4 Å². The van der Waals surface area contributed by atoms with E-state index in [9.17, 15) is 19.1 Å². The lowest BCUT2D eigenvalue weighted by Crippen LogP contribution is -2.59. The largest absolute Gasteiger partial charge is 0.480 e. The molecule has 39 heavy (non-hydrogen) atoms. The van der Waals surface area contributed by atoms with Crippen molar-refractivity contribution in [1.29, 1.82) is 0 Å². The summed E-state index contributed by atoms with van der Waals surface area (Å²) in [5.74, 6) is -2.44. The number of hydrogen-bond donors (Lipinski definition) is 1. The Balaban J connectivity index is 1.51. The summed E-state index contributed by atoms with van der Waals surface area (Å²) in [5, 5.41) is 10.3. The van der Waals surface area contributed by atoms with Crippen LogP contribution < -0.4 is 0 Å². The molecule has 2 saturated heterocycles. The van der Waals surface area contributed by atoms with Crippen LogP contribution in [0.3, 0.4) is 0 Å². The fourth-order valence-electron chi connectivity index (χ4n) is 5.96. The van der Waals surface area contributed by atoms with Crippen molar-refractivity contribution in [1.82, 2.24) is 14.7 Å². The summed E-state index contributed by atoms with van der Waals surface area (Å²) >= 11 is 6.00. The van der Waals surface area contributed by atoms with Crippen molar-refractivity contribution in [3.63, 3.8) is 0 Å². The van der Waals surface area contributed by atoms with Crippen molar-refractivity contribution in [2.75, 3.05) is 32.7 Å². The number of amides is 1. The summed E-state index contributed by atoms with van der Waals surface area (Å²) in [6, 6.07) is 8.32. The molecule has 4 atom stereocenters. The van der Waals surface area contributed by atoms with Crippen molar-refractivity contribution < 1.29 is 23.5 Å². The third-order valence-corrected chi connectivity index (χ3v) is 8.50. The number of likely N-dealkylation sites (tertiary alicyclic amines) is 1. The highest BCUT2D eigenvalue weighted by atomic mass is 35.5. The van der Waals surface area contributed by atoms with Gasteiger partial charge in [0.15, 0.2) is 0 Å². The molecule has 2 aromatic rings. The highest BCUT2D eigenvalue weighted by molar-refractivity contribution is 6.30. The van der Waals surface area contributed by atoms with Gasteiger partial charge in [-0.3, -0.25) is 19.4 Å². The van der Waals surface area contributed by atoms with E-state index in [4.69, 9.17) is 11.6 Å². The standard InChI is InChI=1S/C30H38ClF2N3O3/c1-18-12-20(6-9-25(18)32)13-27(29(38)39)34-10-11-36(19(2)15-34)28(37)24-17-35(30(3,4)5)16-23(24)22-8-7-21(31)14-26(22)33/h6-9,12,14,19,23-24,27H,10-11,13,15-17H2,1-5H3,(H,38,39)/t19-,23?,24+,27-/m0/s1. The van der Waals surface area contributed by atoms with Gasteiger partial charge in [0.25, 0.3) is 0 Å². The molecule has 0 saturated carbocycles. The molecule has 212 valence electrons. The van der Waals surface area contributed by atoms with Gasteiger partial charge in [0, 0.05) is 55.2 Å². The van der Waals surface area contributed by atoms with Gasteiger partial charge in [-0.05, 0) is 75.9 Å². The maximum atomic E-state index is 15.0. The normalized spacial score (nSPS) is 23.7. The molecule has 9 heteroatoms. The zero-order valence-corrected chi connectivity index (χ0v) is 24.0. The molecule has 2 aliphatic heterocycles. The summed E-state index contributed by atoms with van der Waals surface area (Å²) in [6.45, 7) is 12.1. The summed E-state index contributed by atoms with van der Waals surface area (Å²) in [6.07, 6.45) is 0.248. The SMILES string of the molecule is Cc1cc(C[C@@H](C(=O)O)N2CCN(C(=O)[C@@H]3CN(C(C)(C)C)CC3c3ccc(Cl)cc3F)[C@@H](C)C2)ccc1F. The van der Waals surface area contributed by atoms with Crippen LogP contribution in [0.5, 0.6) is 0 Å². The Morgan fingerprint density at radius 3 is 2.36 bits per heavy atom. The van der Waals surface area contributed by atoms with E-state index in [1.807, 2.05) is 16.7 Å². The second-order valence-electron chi connectivity index (χ2n) is 12.0.